The molecule has 0 bridgehead atoms. The van der Waals surface area contributed by atoms with Crippen molar-refractivity contribution >= 4 is 5.91 Å². The molecular formula is C6H11NO2. The van der Waals surface area contributed by atoms with Gasteiger partial charge in [-0.1, -0.05) is 6.92 Å². The molecule has 3 heteroatoms. The number of hydroxylamine groups is 2. The van der Waals surface area contributed by atoms with E-state index in [1.54, 1.807) is 0 Å². The summed E-state index contributed by atoms with van der Waals surface area (Å²) in [6.45, 7) is 2.78. The van der Waals surface area contributed by atoms with Crippen LogP contribution < -0.4 is 0 Å². The zero-order chi connectivity index (χ0) is 6.85. The van der Waals surface area contributed by atoms with E-state index < -0.39 is 0 Å². The summed E-state index contributed by atoms with van der Waals surface area (Å²) in [6.07, 6.45) is 0.929. The topological polar surface area (TPSA) is 29.5 Å². The van der Waals surface area contributed by atoms with E-state index in [0.29, 0.717) is 0 Å². The molecule has 1 amide bonds. The lowest BCUT2D eigenvalue weighted by atomic mass is 9.99. The van der Waals surface area contributed by atoms with Crippen molar-refractivity contribution in [3.05, 3.63) is 0 Å². The number of amides is 1. The maximum atomic E-state index is 10.8. The fourth-order valence-electron chi connectivity index (χ4n) is 0.928. The van der Waals surface area contributed by atoms with Crippen LogP contribution in [-0.2, 0) is 9.63 Å². The molecule has 0 aliphatic carbocycles. The molecule has 1 aliphatic rings. The maximum Gasteiger partial charge on any atom is 0.251 e. The zero-order valence-electron chi connectivity index (χ0n) is 5.76. The second-order valence-corrected chi connectivity index (χ2v) is 2.19. The number of nitrogens with zero attached hydrogens (tertiary/aromatic N) is 1. The van der Waals surface area contributed by atoms with Crippen LogP contribution in [0, 0.1) is 5.92 Å². The van der Waals surface area contributed by atoms with Gasteiger partial charge in [0.25, 0.3) is 5.91 Å². The van der Waals surface area contributed by atoms with E-state index in [-0.39, 0.29) is 11.8 Å². The van der Waals surface area contributed by atoms with Crippen molar-refractivity contribution in [2.45, 2.75) is 13.3 Å². The Morgan fingerprint density at radius 3 is 2.89 bits per heavy atom. The molecule has 9 heavy (non-hydrogen) atoms. The molecule has 1 atom stereocenters. The molecule has 1 aliphatic heterocycles. The molecule has 0 spiro atoms. The molecule has 0 aromatic rings. The third-order valence-electron chi connectivity index (χ3n) is 1.69. The van der Waals surface area contributed by atoms with Crippen LogP contribution in [0.5, 0.6) is 0 Å². The molecular weight excluding hydrogens is 118 g/mol. The van der Waals surface area contributed by atoms with Gasteiger partial charge in [-0.2, -0.15) is 0 Å². The molecule has 1 rings (SSSR count). The van der Waals surface area contributed by atoms with Gasteiger partial charge in [0.15, 0.2) is 0 Å². The van der Waals surface area contributed by atoms with E-state index in [0.717, 1.165) is 13.0 Å². The molecule has 1 fully saturated rings. The van der Waals surface area contributed by atoms with Crippen LogP contribution in [0.2, 0.25) is 0 Å². The molecule has 0 saturated carbocycles. The average molecular weight is 129 g/mol. The van der Waals surface area contributed by atoms with Gasteiger partial charge in [0.1, 0.15) is 0 Å². The first kappa shape index (κ1) is 6.55. The lowest BCUT2D eigenvalue weighted by Gasteiger charge is -2.35. The van der Waals surface area contributed by atoms with Crippen LogP contribution in [-0.4, -0.2) is 24.6 Å². The van der Waals surface area contributed by atoms with Gasteiger partial charge in [-0.25, -0.2) is 5.06 Å². The van der Waals surface area contributed by atoms with E-state index in [1.165, 1.54) is 12.2 Å². The third-order valence-corrected chi connectivity index (χ3v) is 1.69. The standard InChI is InChI=1S/C6H11NO2/c1-3-5-4-7(9-2)6(5)8/h5H,3-4H2,1-2H3. The predicted octanol–water partition coefficient (Wildman–Crippen LogP) is 0.416. The number of rotatable bonds is 2. The van der Waals surface area contributed by atoms with Crippen LogP contribution in [0.15, 0.2) is 0 Å². The van der Waals surface area contributed by atoms with Gasteiger partial charge in [0, 0.05) is 0 Å². The number of carbonyl (C=O) groups is 1. The van der Waals surface area contributed by atoms with Gasteiger partial charge in [0.2, 0.25) is 0 Å². The molecule has 0 radical (unpaired) electrons. The SMILES string of the molecule is CCC1CN(OC)C1=O. The monoisotopic (exact) mass is 129 g/mol. The normalized spacial score (nSPS) is 26.2. The summed E-state index contributed by atoms with van der Waals surface area (Å²) in [5.74, 6) is 0.352. The van der Waals surface area contributed by atoms with Crippen LogP contribution in [0.25, 0.3) is 0 Å². The third kappa shape index (κ3) is 0.920. The molecule has 3 nitrogen and oxygen atoms in total. The summed E-state index contributed by atoms with van der Waals surface area (Å²) in [6, 6.07) is 0. The lowest BCUT2D eigenvalue weighted by molar-refractivity contribution is -0.209. The summed E-state index contributed by atoms with van der Waals surface area (Å²) >= 11 is 0. The second kappa shape index (κ2) is 2.35. The van der Waals surface area contributed by atoms with Crippen molar-refractivity contribution in [1.29, 1.82) is 0 Å². The fourth-order valence-corrected chi connectivity index (χ4v) is 0.928. The van der Waals surface area contributed by atoms with Crippen molar-refractivity contribution < 1.29 is 9.63 Å². The van der Waals surface area contributed by atoms with E-state index >= 15 is 0 Å². The Hall–Kier alpha value is -0.570. The Kier molecular flexibility index (Phi) is 1.71. The van der Waals surface area contributed by atoms with Gasteiger partial charge in [-0.3, -0.25) is 9.63 Å². The highest BCUT2D eigenvalue weighted by molar-refractivity contribution is 5.83. The molecule has 1 heterocycles. The molecule has 1 unspecified atom stereocenters. The fraction of sp³-hybridized carbons (Fsp3) is 0.833. The average Bonchev–Trinajstić information content (AvgIpc) is 1.87. The van der Waals surface area contributed by atoms with Crippen molar-refractivity contribution in [2.24, 2.45) is 5.92 Å². The molecule has 0 aromatic carbocycles. The second-order valence-electron chi connectivity index (χ2n) is 2.19. The van der Waals surface area contributed by atoms with Crippen molar-refractivity contribution in [3.8, 4) is 0 Å². The van der Waals surface area contributed by atoms with Gasteiger partial charge in [-0.15, -0.1) is 0 Å². The minimum atomic E-state index is 0.125. The van der Waals surface area contributed by atoms with Crippen LogP contribution in [0.1, 0.15) is 13.3 Å². The largest absolute Gasteiger partial charge is 0.274 e. The van der Waals surface area contributed by atoms with Gasteiger partial charge >= 0.3 is 0 Å². The first-order chi connectivity index (χ1) is 4.29. The molecule has 52 valence electrons. The number of hydrogen-bond acceptors (Lipinski definition) is 2. The summed E-state index contributed by atoms with van der Waals surface area (Å²) in [4.78, 5) is 15.5. The molecule has 1 saturated heterocycles. The smallest absolute Gasteiger partial charge is 0.251 e. The Morgan fingerprint density at radius 2 is 2.56 bits per heavy atom. The minimum absolute atomic E-state index is 0.125. The zero-order valence-corrected chi connectivity index (χ0v) is 5.76. The number of carbonyl (C=O) groups excluding carboxylic acids is 1. The highest BCUT2D eigenvalue weighted by Crippen LogP contribution is 2.19. The number of hydrogen-bond donors (Lipinski definition) is 0. The summed E-state index contributed by atoms with van der Waals surface area (Å²) in [5.41, 5.74) is 0. The van der Waals surface area contributed by atoms with Crippen molar-refractivity contribution in [2.75, 3.05) is 13.7 Å². The Balaban J connectivity index is 2.33. The van der Waals surface area contributed by atoms with Gasteiger partial charge < -0.3 is 0 Å². The first-order valence-corrected chi connectivity index (χ1v) is 3.15. The van der Waals surface area contributed by atoms with E-state index in [1.807, 2.05) is 6.92 Å². The Morgan fingerprint density at radius 1 is 1.89 bits per heavy atom. The Bertz CT molecular complexity index is 112. The summed E-state index contributed by atoms with van der Waals surface area (Å²) in [5, 5.41) is 1.38. The minimum Gasteiger partial charge on any atom is -0.274 e. The van der Waals surface area contributed by atoms with Crippen molar-refractivity contribution in [3.63, 3.8) is 0 Å². The number of β-lactam (4-membered cyclic amide) rings is 1. The maximum absolute atomic E-state index is 10.8. The predicted molar refractivity (Wildman–Crippen MR) is 32.5 cm³/mol. The molecule has 0 N–H and O–H groups in total. The van der Waals surface area contributed by atoms with Gasteiger partial charge in [-0.05, 0) is 6.42 Å². The van der Waals surface area contributed by atoms with Gasteiger partial charge in [0.05, 0.1) is 19.6 Å². The highest BCUT2D eigenvalue weighted by Gasteiger charge is 2.35. The Labute approximate surface area is 54.5 Å². The van der Waals surface area contributed by atoms with Crippen molar-refractivity contribution in [1.82, 2.24) is 5.06 Å². The quantitative estimate of drug-likeness (QED) is 0.505. The van der Waals surface area contributed by atoms with E-state index in [4.69, 9.17) is 4.84 Å². The van der Waals surface area contributed by atoms with E-state index in [9.17, 15) is 4.79 Å². The first-order valence-electron chi connectivity index (χ1n) is 3.15. The van der Waals surface area contributed by atoms with Crippen LogP contribution in [0.4, 0.5) is 0 Å². The summed E-state index contributed by atoms with van der Waals surface area (Å²) < 4.78 is 0. The van der Waals surface area contributed by atoms with Crippen LogP contribution in [0.3, 0.4) is 0 Å². The molecule has 0 aromatic heterocycles. The lowest BCUT2D eigenvalue weighted by Crippen LogP contribution is -2.51. The summed E-state index contributed by atoms with van der Waals surface area (Å²) in [7, 11) is 1.52. The van der Waals surface area contributed by atoms with E-state index in [2.05, 4.69) is 0 Å². The van der Waals surface area contributed by atoms with Crippen LogP contribution >= 0.6 is 0 Å². The highest BCUT2D eigenvalue weighted by atomic mass is 16.7.